The molecule has 28 heavy (non-hydrogen) atoms. The maximum Gasteiger partial charge on any atom is 0.225 e. The molecular formula is C21H34N4O3. The standard InChI is InChI=1S/C21H34N4O3/c1-3-17(2)23-21(22-9-6-19-5-4-14-28-19)25-10-7-18(8-11-25)20(26)24-12-15-27-16-13-24/h4-5,14,17-18H,3,6-13,15-16H2,1-2H3,(H,22,23). The van der Waals surface area contributed by atoms with Crippen LogP contribution < -0.4 is 5.32 Å². The highest BCUT2D eigenvalue weighted by Crippen LogP contribution is 2.20. The van der Waals surface area contributed by atoms with Gasteiger partial charge in [0.1, 0.15) is 5.76 Å². The number of carbonyl (C=O) groups excluding carboxylic acids is 1. The molecule has 7 nitrogen and oxygen atoms in total. The van der Waals surface area contributed by atoms with E-state index in [1.54, 1.807) is 6.26 Å². The Labute approximate surface area is 168 Å². The Morgan fingerprint density at radius 2 is 2.00 bits per heavy atom. The lowest BCUT2D eigenvalue weighted by molar-refractivity contribution is -0.140. The number of rotatable bonds is 6. The average Bonchev–Trinajstić information content (AvgIpc) is 3.26. The van der Waals surface area contributed by atoms with E-state index in [9.17, 15) is 4.79 Å². The predicted molar refractivity (Wildman–Crippen MR) is 109 cm³/mol. The van der Waals surface area contributed by atoms with Crippen molar-refractivity contribution < 1.29 is 13.9 Å². The van der Waals surface area contributed by atoms with Gasteiger partial charge in [-0.25, -0.2) is 0 Å². The third-order valence-electron chi connectivity index (χ3n) is 5.65. The van der Waals surface area contributed by atoms with Gasteiger partial charge in [0.25, 0.3) is 0 Å². The van der Waals surface area contributed by atoms with Crippen LogP contribution >= 0.6 is 0 Å². The number of aliphatic imine (C=N–C) groups is 1. The first-order valence-corrected chi connectivity index (χ1v) is 10.6. The number of carbonyl (C=O) groups is 1. The number of likely N-dealkylation sites (tertiary alicyclic amines) is 1. The zero-order chi connectivity index (χ0) is 19.8. The Bertz CT molecular complexity index is 618. The third-order valence-corrected chi connectivity index (χ3v) is 5.65. The van der Waals surface area contributed by atoms with Crippen molar-refractivity contribution in [3.63, 3.8) is 0 Å². The van der Waals surface area contributed by atoms with Gasteiger partial charge in [-0.05, 0) is 38.3 Å². The van der Waals surface area contributed by atoms with Crippen LogP contribution in [0.2, 0.25) is 0 Å². The molecule has 2 aliphatic heterocycles. The summed E-state index contributed by atoms with van der Waals surface area (Å²) in [6.45, 7) is 9.56. The van der Waals surface area contributed by atoms with E-state index in [2.05, 4.69) is 24.1 Å². The molecule has 1 unspecified atom stereocenters. The summed E-state index contributed by atoms with van der Waals surface area (Å²) >= 11 is 0. The quantitative estimate of drug-likeness (QED) is 0.595. The molecule has 0 saturated carbocycles. The number of hydrogen-bond acceptors (Lipinski definition) is 4. The maximum absolute atomic E-state index is 12.8. The highest BCUT2D eigenvalue weighted by atomic mass is 16.5. The van der Waals surface area contributed by atoms with Gasteiger partial charge in [0, 0.05) is 51.1 Å². The fourth-order valence-electron chi connectivity index (χ4n) is 3.67. The summed E-state index contributed by atoms with van der Waals surface area (Å²) < 4.78 is 10.8. The molecule has 3 rings (SSSR count). The molecule has 0 aromatic carbocycles. The number of piperidine rings is 1. The molecule has 2 fully saturated rings. The molecule has 1 amide bonds. The van der Waals surface area contributed by atoms with E-state index >= 15 is 0 Å². The Morgan fingerprint density at radius 3 is 2.64 bits per heavy atom. The largest absolute Gasteiger partial charge is 0.469 e. The number of guanidine groups is 1. The van der Waals surface area contributed by atoms with Crippen LogP contribution in [0.3, 0.4) is 0 Å². The lowest BCUT2D eigenvalue weighted by Crippen LogP contribution is -2.51. The number of amides is 1. The Balaban J connectivity index is 1.54. The highest BCUT2D eigenvalue weighted by molar-refractivity contribution is 5.82. The maximum atomic E-state index is 12.8. The summed E-state index contributed by atoms with van der Waals surface area (Å²) in [4.78, 5) is 21.9. The summed E-state index contributed by atoms with van der Waals surface area (Å²) in [7, 11) is 0. The molecular weight excluding hydrogens is 356 g/mol. The van der Waals surface area contributed by atoms with Crippen molar-refractivity contribution in [2.75, 3.05) is 45.9 Å². The summed E-state index contributed by atoms with van der Waals surface area (Å²) in [6, 6.07) is 4.27. The second-order valence-electron chi connectivity index (χ2n) is 7.69. The Kier molecular flexibility index (Phi) is 7.77. The van der Waals surface area contributed by atoms with Crippen LogP contribution in [-0.2, 0) is 16.0 Å². The second-order valence-corrected chi connectivity index (χ2v) is 7.69. The molecule has 7 heteroatoms. The number of nitrogens with one attached hydrogen (secondary N) is 1. The fraction of sp³-hybridized carbons (Fsp3) is 0.714. The first-order chi connectivity index (χ1) is 13.7. The van der Waals surface area contributed by atoms with Crippen LogP contribution in [0.25, 0.3) is 0 Å². The number of ether oxygens (including phenoxy) is 1. The normalized spacial score (nSPS) is 20.3. The van der Waals surface area contributed by atoms with E-state index in [-0.39, 0.29) is 5.92 Å². The molecule has 2 aliphatic rings. The molecule has 3 heterocycles. The van der Waals surface area contributed by atoms with Crippen molar-refractivity contribution in [3.05, 3.63) is 24.2 Å². The van der Waals surface area contributed by atoms with Gasteiger partial charge < -0.3 is 24.3 Å². The molecule has 1 aromatic rings. The van der Waals surface area contributed by atoms with Crippen LogP contribution in [0, 0.1) is 5.92 Å². The van der Waals surface area contributed by atoms with Gasteiger partial charge in [0.15, 0.2) is 5.96 Å². The summed E-state index contributed by atoms with van der Waals surface area (Å²) in [5.74, 6) is 2.34. The van der Waals surface area contributed by atoms with E-state index < -0.39 is 0 Å². The molecule has 1 aromatic heterocycles. The second kappa shape index (κ2) is 10.5. The predicted octanol–water partition coefficient (Wildman–Crippen LogP) is 2.14. The third kappa shape index (κ3) is 5.74. The van der Waals surface area contributed by atoms with Gasteiger partial charge in [-0.15, -0.1) is 0 Å². The smallest absolute Gasteiger partial charge is 0.225 e. The minimum atomic E-state index is 0.127. The topological polar surface area (TPSA) is 70.3 Å². The van der Waals surface area contributed by atoms with Crippen molar-refractivity contribution >= 4 is 11.9 Å². The fourth-order valence-corrected chi connectivity index (χ4v) is 3.67. The molecule has 0 radical (unpaired) electrons. The van der Waals surface area contributed by atoms with Gasteiger partial charge in [-0.3, -0.25) is 9.79 Å². The lowest BCUT2D eigenvalue weighted by Gasteiger charge is -2.37. The average molecular weight is 391 g/mol. The number of hydrogen-bond donors (Lipinski definition) is 1. The Morgan fingerprint density at radius 1 is 1.25 bits per heavy atom. The van der Waals surface area contributed by atoms with Crippen LogP contribution in [0.15, 0.2) is 27.8 Å². The molecule has 0 bridgehead atoms. The summed E-state index contributed by atoms with van der Waals surface area (Å²) in [5, 5.41) is 3.56. The molecule has 2 saturated heterocycles. The van der Waals surface area contributed by atoms with Crippen molar-refractivity contribution in [2.24, 2.45) is 10.9 Å². The Hall–Kier alpha value is -2.02. The zero-order valence-corrected chi connectivity index (χ0v) is 17.2. The van der Waals surface area contributed by atoms with Gasteiger partial charge in [0.05, 0.1) is 19.5 Å². The van der Waals surface area contributed by atoms with E-state index in [1.165, 1.54) is 0 Å². The van der Waals surface area contributed by atoms with Gasteiger partial charge >= 0.3 is 0 Å². The molecule has 1 N–H and O–H groups in total. The number of nitrogens with zero attached hydrogens (tertiary/aromatic N) is 3. The first-order valence-electron chi connectivity index (χ1n) is 10.6. The molecule has 0 aliphatic carbocycles. The summed E-state index contributed by atoms with van der Waals surface area (Å²) in [6.07, 6.45) is 5.31. The lowest BCUT2D eigenvalue weighted by atomic mass is 9.95. The van der Waals surface area contributed by atoms with Crippen LogP contribution in [0.5, 0.6) is 0 Å². The molecule has 1 atom stereocenters. The number of morpholine rings is 1. The van der Waals surface area contributed by atoms with Crippen molar-refractivity contribution in [1.82, 2.24) is 15.1 Å². The molecule has 156 valence electrons. The van der Waals surface area contributed by atoms with Gasteiger partial charge in [-0.2, -0.15) is 0 Å². The minimum absolute atomic E-state index is 0.127. The van der Waals surface area contributed by atoms with E-state index in [4.69, 9.17) is 14.1 Å². The minimum Gasteiger partial charge on any atom is -0.469 e. The van der Waals surface area contributed by atoms with E-state index in [0.717, 1.165) is 63.6 Å². The van der Waals surface area contributed by atoms with E-state index in [0.29, 0.717) is 31.7 Å². The summed E-state index contributed by atoms with van der Waals surface area (Å²) in [5.41, 5.74) is 0. The monoisotopic (exact) mass is 390 g/mol. The van der Waals surface area contributed by atoms with Crippen LogP contribution in [-0.4, -0.2) is 73.6 Å². The van der Waals surface area contributed by atoms with Crippen molar-refractivity contribution in [1.29, 1.82) is 0 Å². The number of furan rings is 1. The van der Waals surface area contributed by atoms with Gasteiger partial charge in [-0.1, -0.05) is 6.92 Å². The van der Waals surface area contributed by atoms with E-state index in [1.807, 2.05) is 17.0 Å². The first kappa shape index (κ1) is 20.7. The zero-order valence-electron chi connectivity index (χ0n) is 17.2. The SMILES string of the molecule is CCC(C)NC(=NCCc1ccco1)N1CCC(C(=O)N2CCOCC2)CC1. The van der Waals surface area contributed by atoms with Crippen LogP contribution in [0.1, 0.15) is 38.9 Å². The molecule has 0 spiro atoms. The van der Waals surface area contributed by atoms with Gasteiger partial charge in [0.2, 0.25) is 5.91 Å². The van der Waals surface area contributed by atoms with Crippen molar-refractivity contribution in [2.45, 2.75) is 45.6 Å². The highest BCUT2D eigenvalue weighted by Gasteiger charge is 2.30. The van der Waals surface area contributed by atoms with Crippen LogP contribution in [0.4, 0.5) is 0 Å². The van der Waals surface area contributed by atoms with Crippen molar-refractivity contribution in [3.8, 4) is 0 Å².